The van der Waals surface area contributed by atoms with Crippen molar-refractivity contribution in [2.24, 2.45) is 5.16 Å². The lowest BCUT2D eigenvalue weighted by Crippen LogP contribution is -2.08. The topological polar surface area (TPSA) is 65.2 Å². The van der Waals surface area contributed by atoms with Crippen molar-refractivity contribution in [3.8, 4) is 5.69 Å². The number of para-hydroxylation sites is 1. The molecule has 0 saturated carbocycles. The maximum atomic E-state index is 12.9. The van der Waals surface area contributed by atoms with E-state index in [2.05, 4.69) is 20.7 Å². The Morgan fingerprint density at radius 2 is 1.76 bits per heavy atom. The molecule has 0 radical (unpaired) electrons. The maximum absolute atomic E-state index is 12.9. The Balaban J connectivity index is 1.69. The first-order valence-electron chi connectivity index (χ1n) is 7.20. The Bertz CT molecular complexity index is 861. The lowest BCUT2D eigenvalue weighted by molar-refractivity contribution is -0.137. The highest BCUT2D eigenvalue weighted by Gasteiger charge is 2.32. The van der Waals surface area contributed by atoms with Crippen molar-refractivity contribution in [1.29, 1.82) is 0 Å². The molecule has 3 aromatic rings. The van der Waals surface area contributed by atoms with Crippen LogP contribution in [0.2, 0.25) is 0 Å². The molecule has 0 aliphatic rings. The minimum absolute atomic E-state index is 0.0855. The molecule has 1 aromatic heterocycles. The number of aromatic nitrogens is 4. The Morgan fingerprint density at radius 1 is 1.04 bits per heavy atom. The van der Waals surface area contributed by atoms with Crippen molar-refractivity contribution in [1.82, 2.24) is 20.2 Å². The van der Waals surface area contributed by atoms with Crippen LogP contribution in [0.3, 0.4) is 0 Å². The van der Waals surface area contributed by atoms with Gasteiger partial charge < -0.3 is 4.84 Å². The van der Waals surface area contributed by atoms with Gasteiger partial charge in [0.25, 0.3) is 0 Å². The van der Waals surface area contributed by atoms with Crippen molar-refractivity contribution < 1.29 is 18.0 Å². The predicted octanol–water partition coefficient (Wildman–Crippen LogP) is 3.23. The minimum Gasteiger partial charge on any atom is -0.387 e. The molecule has 2 aromatic carbocycles. The summed E-state index contributed by atoms with van der Waals surface area (Å²) in [7, 11) is 0. The molecular formula is C16H12F3N5O. The summed E-state index contributed by atoms with van der Waals surface area (Å²) in [5.74, 6) is 0.368. The number of hydrogen-bond donors (Lipinski definition) is 0. The third-order valence-corrected chi connectivity index (χ3v) is 3.26. The van der Waals surface area contributed by atoms with Gasteiger partial charge in [-0.2, -0.15) is 17.9 Å². The number of halogens is 3. The number of hydrogen-bond acceptors (Lipinski definition) is 5. The summed E-state index contributed by atoms with van der Waals surface area (Å²) in [5, 5.41) is 14.8. The van der Waals surface area contributed by atoms with Gasteiger partial charge >= 0.3 is 6.18 Å². The van der Waals surface area contributed by atoms with Gasteiger partial charge in [0.05, 0.1) is 17.5 Å². The third-order valence-electron chi connectivity index (χ3n) is 3.26. The minimum atomic E-state index is -4.46. The van der Waals surface area contributed by atoms with E-state index in [1.165, 1.54) is 22.9 Å². The number of benzene rings is 2. The van der Waals surface area contributed by atoms with Crippen LogP contribution in [0.25, 0.3) is 5.69 Å². The van der Waals surface area contributed by atoms with E-state index >= 15 is 0 Å². The molecule has 0 atom stereocenters. The molecule has 0 amide bonds. The molecule has 128 valence electrons. The Kier molecular flexibility index (Phi) is 4.73. The summed E-state index contributed by atoms with van der Waals surface area (Å²) in [4.78, 5) is 5.05. The van der Waals surface area contributed by atoms with E-state index in [1.807, 2.05) is 30.3 Å². The summed E-state index contributed by atoms with van der Waals surface area (Å²) in [6.45, 7) is -0.0907. The lowest BCUT2D eigenvalue weighted by atomic mass is 10.1. The van der Waals surface area contributed by atoms with E-state index in [0.717, 1.165) is 18.0 Å². The zero-order chi connectivity index (χ0) is 17.7. The largest absolute Gasteiger partial charge is 0.417 e. The molecule has 0 unspecified atom stereocenters. The van der Waals surface area contributed by atoms with Crippen LogP contribution in [0.1, 0.15) is 17.0 Å². The van der Waals surface area contributed by atoms with E-state index in [4.69, 9.17) is 4.84 Å². The van der Waals surface area contributed by atoms with E-state index in [-0.39, 0.29) is 12.2 Å². The third kappa shape index (κ3) is 4.00. The first-order valence-corrected chi connectivity index (χ1v) is 7.20. The van der Waals surface area contributed by atoms with Crippen molar-refractivity contribution in [3.63, 3.8) is 0 Å². The summed E-state index contributed by atoms with van der Waals surface area (Å²) in [6, 6.07) is 14.2. The zero-order valence-corrected chi connectivity index (χ0v) is 12.8. The second kappa shape index (κ2) is 7.12. The average molecular weight is 347 g/mol. The van der Waals surface area contributed by atoms with Crippen LogP contribution in [0, 0.1) is 0 Å². The quantitative estimate of drug-likeness (QED) is 0.525. The molecule has 1 heterocycles. The van der Waals surface area contributed by atoms with Crippen LogP contribution in [0.5, 0.6) is 0 Å². The molecule has 6 nitrogen and oxygen atoms in total. The molecule has 0 N–H and O–H groups in total. The van der Waals surface area contributed by atoms with Gasteiger partial charge in [-0.15, -0.1) is 5.10 Å². The molecule has 0 aliphatic heterocycles. The van der Waals surface area contributed by atoms with Crippen LogP contribution in [-0.2, 0) is 17.6 Å². The number of alkyl halides is 3. The van der Waals surface area contributed by atoms with Gasteiger partial charge in [0.1, 0.15) is 0 Å². The van der Waals surface area contributed by atoms with Crippen molar-refractivity contribution in [2.45, 2.75) is 12.8 Å². The molecule has 25 heavy (non-hydrogen) atoms. The second-order valence-electron chi connectivity index (χ2n) is 4.94. The van der Waals surface area contributed by atoms with Crippen molar-refractivity contribution >= 4 is 6.21 Å². The first-order chi connectivity index (χ1) is 12.1. The van der Waals surface area contributed by atoms with Gasteiger partial charge in [0, 0.05) is 5.56 Å². The maximum Gasteiger partial charge on any atom is 0.417 e. The second-order valence-corrected chi connectivity index (χ2v) is 4.94. The van der Waals surface area contributed by atoms with Gasteiger partial charge in [0.2, 0.25) is 0 Å². The highest BCUT2D eigenvalue weighted by molar-refractivity contribution is 5.81. The molecular weight excluding hydrogens is 335 g/mol. The van der Waals surface area contributed by atoms with E-state index in [1.54, 1.807) is 0 Å². The van der Waals surface area contributed by atoms with Crippen molar-refractivity contribution in [3.05, 3.63) is 71.5 Å². The van der Waals surface area contributed by atoms with Gasteiger partial charge in [-0.25, -0.2) is 0 Å². The summed E-state index contributed by atoms with van der Waals surface area (Å²) < 4.78 is 40.1. The standard InChI is InChI=1S/C16H12F3N5O/c17-16(18,19)14-9-5-4-6-12(14)10-20-25-11-15-21-22-23-24(15)13-7-2-1-3-8-13/h1-10H,11H2. The Hall–Kier alpha value is -3.23. The van der Waals surface area contributed by atoms with Gasteiger partial charge in [-0.3, -0.25) is 0 Å². The summed E-state index contributed by atoms with van der Waals surface area (Å²) in [6.07, 6.45) is -3.44. The van der Waals surface area contributed by atoms with Gasteiger partial charge in [0.15, 0.2) is 12.4 Å². The fraction of sp³-hybridized carbons (Fsp3) is 0.125. The predicted molar refractivity (Wildman–Crippen MR) is 83.0 cm³/mol. The summed E-state index contributed by atoms with van der Waals surface area (Å²) >= 11 is 0. The Morgan fingerprint density at radius 3 is 2.52 bits per heavy atom. The number of rotatable bonds is 5. The van der Waals surface area contributed by atoms with E-state index < -0.39 is 11.7 Å². The average Bonchev–Trinajstić information content (AvgIpc) is 3.07. The van der Waals surface area contributed by atoms with Crippen LogP contribution in [0.4, 0.5) is 13.2 Å². The van der Waals surface area contributed by atoms with E-state index in [9.17, 15) is 13.2 Å². The summed E-state index contributed by atoms with van der Waals surface area (Å²) in [5.41, 5.74) is -0.133. The lowest BCUT2D eigenvalue weighted by Gasteiger charge is -2.09. The highest BCUT2D eigenvalue weighted by Crippen LogP contribution is 2.31. The fourth-order valence-corrected chi connectivity index (χ4v) is 2.12. The van der Waals surface area contributed by atoms with Crippen LogP contribution in [-0.4, -0.2) is 26.4 Å². The monoisotopic (exact) mass is 347 g/mol. The molecule has 0 aliphatic carbocycles. The molecule has 3 rings (SSSR count). The van der Waals surface area contributed by atoms with Crippen LogP contribution in [0.15, 0.2) is 59.8 Å². The SMILES string of the molecule is FC(F)(F)c1ccccc1C=NOCc1nnnn1-c1ccccc1. The zero-order valence-electron chi connectivity index (χ0n) is 12.8. The highest BCUT2D eigenvalue weighted by atomic mass is 19.4. The van der Waals surface area contributed by atoms with Gasteiger partial charge in [-0.1, -0.05) is 41.6 Å². The molecule has 0 spiro atoms. The van der Waals surface area contributed by atoms with Crippen LogP contribution < -0.4 is 0 Å². The normalized spacial score (nSPS) is 11.8. The van der Waals surface area contributed by atoms with Crippen LogP contribution >= 0.6 is 0 Å². The smallest absolute Gasteiger partial charge is 0.387 e. The first kappa shape index (κ1) is 16.6. The molecule has 0 bridgehead atoms. The molecule has 0 fully saturated rings. The van der Waals surface area contributed by atoms with Gasteiger partial charge in [-0.05, 0) is 28.6 Å². The number of nitrogens with zero attached hydrogens (tertiary/aromatic N) is 5. The fourth-order valence-electron chi connectivity index (χ4n) is 2.12. The van der Waals surface area contributed by atoms with E-state index in [0.29, 0.717) is 5.82 Å². The number of oxime groups is 1. The molecule has 9 heteroatoms. The number of tetrazole rings is 1. The Labute approximate surface area is 140 Å². The van der Waals surface area contributed by atoms with Crippen molar-refractivity contribution in [2.75, 3.05) is 0 Å². The molecule has 0 saturated heterocycles.